The number of anilines is 1. The molecule has 0 bridgehead atoms. The maximum absolute atomic E-state index is 12.4. The Bertz CT molecular complexity index is 663. The summed E-state index contributed by atoms with van der Waals surface area (Å²) in [4.78, 5) is 37.3. The SMILES string of the molecule is CC1CCC(N2CC(C(=O)Nc3ccn(CC(=O)O)n3)CC2=O)CC1. The van der Waals surface area contributed by atoms with Gasteiger partial charge in [0.1, 0.15) is 6.54 Å². The molecule has 1 aliphatic heterocycles. The number of amides is 2. The summed E-state index contributed by atoms with van der Waals surface area (Å²) in [5, 5.41) is 15.4. The highest BCUT2D eigenvalue weighted by molar-refractivity contribution is 5.96. The van der Waals surface area contributed by atoms with E-state index in [-0.39, 0.29) is 36.7 Å². The average Bonchev–Trinajstić information content (AvgIpc) is 3.14. The molecule has 1 unspecified atom stereocenters. The Labute approximate surface area is 146 Å². The van der Waals surface area contributed by atoms with E-state index in [4.69, 9.17) is 5.11 Å². The van der Waals surface area contributed by atoms with Crippen LogP contribution >= 0.6 is 0 Å². The van der Waals surface area contributed by atoms with Crippen molar-refractivity contribution < 1.29 is 19.5 Å². The Balaban J connectivity index is 1.55. The van der Waals surface area contributed by atoms with E-state index >= 15 is 0 Å². The molecular formula is C17H24N4O4. The van der Waals surface area contributed by atoms with Crippen molar-refractivity contribution >= 4 is 23.6 Å². The molecule has 0 aromatic carbocycles. The number of aliphatic carboxylic acids is 1. The van der Waals surface area contributed by atoms with E-state index in [1.807, 2.05) is 4.90 Å². The lowest BCUT2D eigenvalue weighted by Crippen LogP contribution is -2.39. The summed E-state index contributed by atoms with van der Waals surface area (Å²) in [5.41, 5.74) is 0. The molecule has 1 aromatic heterocycles. The monoisotopic (exact) mass is 348 g/mol. The zero-order chi connectivity index (χ0) is 18.0. The zero-order valence-corrected chi connectivity index (χ0v) is 14.4. The minimum absolute atomic E-state index is 0.0520. The van der Waals surface area contributed by atoms with Gasteiger partial charge in [-0.15, -0.1) is 0 Å². The number of likely N-dealkylation sites (tertiary alicyclic amines) is 1. The van der Waals surface area contributed by atoms with Gasteiger partial charge in [0.2, 0.25) is 11.8 Å². The summed E-state index contributed by atoms with van der Waals surface area (Å²) in [6, 6.07) is 1.81. The van der Waals surface area contributed by atoms with Crippen LogP contribution in [0.3, 0.4) is 0 Å². The van der Waals surface area contributed by atoms with Gasteiger partial charge in [-0.3, -0.25) is 19.1 Å². The average molecular weight is 348 g/mol. The number of carbonyl (C=O) groups excluding carboxylic acids is 2. The second-order valence-corrected chi connectivity index (χ2v) is 7.14. The molecule has 1 saturated heterocycles. The summed E-state index contributed by atoms with van der Waals surface area (Å²) in [5.74, 6) is -0.536. The molecule has 1 aromatic rings. The first-order valence-electron chi connectivity index (χ1n) is 8.78. The van der Waals surface area contributed by atoms with Crippen LogP contribution in [0.2, 0.25) is 0 Å². The van der Waals surface area contributed by atoms with Gasteiger partial charge in [-0.2, -0.15) is 5.10 Å². The smallest absolute Gasteiger partial charge is 0.325 e. The molecule has 2 amide bonds. The number of hydrogen-bond acceptors (Lipinski definition) is 4. The van der Waals surface area contributed by atoms with E-state index in [9.17, 15) is 14.4 Å². The molecule has 2 heterocycles. The standard InChI is InChI=1S/C17H24N4O4/c1-11-2-4-13(5-3-11)21-9-12(8-15(21)22)17(25)18-14-6-7-20(19-14)10-16(23)24/h6-7,11-13H,2-5,8-10H2,1H3,(H,23,24)(H,18,19,25). The van der Waals surface area contributed by atoms with Crippen molar-refractivity contribution in [2.45, 2.75) is 51.6 Å². The second kappa shape index (κ2) is 7.25. The summed E-state index contributed by atoms with van der Waals surface area (Å²) < 4.78 is 1.24. The fourth-order valence-electron chi connectivity index (χ4n) is 3.70. The molecule has 1 aliphatic carbocycles. The van der Waals surface area contributed by atoms with Crippen LogP contribution in [0.25, 0.3) is 0 Å². The van der Waals surface area contributed by atoms with Crippen molar-refractivity contribution in [1.29, 1.82) is 0 Å². The lowest BCUT2D eigenvalue weighted by molar-refractivity contribution is -0.138. The Hall–Kier alpha value is -2.38. The van der Waals surface area contributed by atoms with Crippen molar-refractivity contribution in [2.75, 3.05) is 11.9 Å². The van der Waals surface area contributed by atoms with Gasteiger partial charge in [0.15, 0.2) is 5.82 Å². The van der Waals surface area contributed by atoms with Crippen LogP contribution in [0.5, 0.6) is 0 Å². The first-order valence-corrected chi connectivity index (χ1v) is 8.78. The molecule has 2 N–H and O–H groups in total. The summed E-state index contributed by atoms with van der Waals surface area (Å²) >= 11 is 0. The molecule has 0 radical (unpaired) electrons. The van der Waals surface area contributed by atoms with Gasteiger partial charge in [-0.25, -0.2) is 0 Å². The molecule has 8 nitrogen and oxygen atoms in total. The molecule has 2 fully saturated rings. The van der Waals surface area contributed by atoms with Crippen LogP contribution in [-0.2, 0) is 20.9 Å². The topological polar surface area (TPSA) is 105 Å². The van der Waals surface area contributed by atoms with Crippen LogP contribution < -0.4 is 5.32 Å². The largest absolute Gasteiger partial charge is 0.480 e. The zero-order valence-electron chi connectivity index (χ0n) is 14.4. The summed E-state index contributed by atoms with van der Waals surface area (Å²) in [6.45, 7) is 2.44. The maximum Gasteiger partial charge on any atom is 0.325 e. The highest BCUT2D eigenvalue weighted by Crippen LogP contribution is 2.31. The Kier molecular flexibility index (Phi) is 5.06. The van der Waals surface area contributed by atoms with Crippen LogP contribution in [0.4, 0.5) is 5.82 Å². The van der Waals surface area contributed by atoms with E-state index in [1.54, 1.807) is 6.07 Å². The van der Waals surface area contributed by atoms with E-state index in [0.717, 1.165) is 25.7 Å². The number of nitrogens with one attached hydrogen (secondary N) is 1. The van der Waals surface area contributed by atoms with Crippen molar-refractivity contribution in [2.24, 2.45) is 11.8 Å². The van der Waals surface area contributed by atoms with Gasteiger partial charge in [-0.05, 0) is 31.6 Å². The molecule has 2 aliphatic rings. The van der Waals surface area contributed by atoms with E-state index in [1.165, 1.54) is 10.9 Å². The molecule has 0 spiro atoms. The summed E-state index contributed by atoms with van der Waals surface area (Å²) in [6.07, 6.45) is 6.02. The number of nitrogens with zero attached hydrogens (tertiary/aromatic N) is 3. The first-order chi connectivity index (χ1) is 11.9. The Morgan fingerprint density at radius 2 is 2.04 bits per heavy atom. The van der Waals surface area contributed by atoms with Crippen LogP contribution in [0, 0.1) is 11.8 Å². The summed E-state index contributed by atoms with van der Waals surface area (Å²) in [7, 11) is 0. The number of hydrogen-bond donors (Lipinski definition) is 2. The molecular weight excluding hydrogens is 324 g/mol. The predicted octanol–water partition coefficient (Wildman–Crippen LogP) is 1.33. The van der Waals surface area contributed by atoms with Gasteiger partial charge < -0.3 is 15.3 Å². The van der Waals surface area contributed by atoms with E-state index in [0.29, 0.717) is 18.3 Å². The predicted molar refractivity (Wildman–Crippen MR) is 89.7 cm³/mol. The molecule has 1 atom stereocenters. The van der Waals surface area contributed by atoms with Gasteiger partial charge in [0.25, 0.3) is 0 Å². The molecule has 3 rings (SSSR count). The lowest BCUT2D eigenvalue weighted by Gasteiger charge is -2.33. The number of carbonyl (C=O) groups is 3. The van der Waals surface area contributed by atoms with Gasteiger partial charge in [0.05, 0.1) is 5.92 Å². The van der Waals surface area contributed by atoms with E-state index in [2.05, 4.69) is 17.3 Å². The van der Waals surface area contributed by atoms with Gasteiger partial charge in [0, 0.05) is 31.3 Å². The van der Waals surface area contributed by atoms with Gasteiger partial charge >= 0.3 is 5.97 Å². The third-order valence-electron chi connectivity index (χ3n) is 5.14. The number of carboxylic acid groups (broad SMARTS) is 1. The number of rotatable bonds is 5. The molecule has 1 saturated carbocycles. The quantitative estimate of drug-likeness (QED) is 0.835. The van der Waals surface area contributed by atoms with Crippen LogP contribution in [-0.4, -0.2) is 50.2 Å². The Morgan fingerprint density at radius 3 is 2.72 bits per heavy atom. The first kappa shape index (κ1) is 17.4. The molecule has 25 heavy (non-hydrogen) atoms. The number of aromatic nitrogens is 2. The van der Waals surface area contributed by atoms with E-state index < -0.39 is 5.97 Å². The molecule has 136 valence electrons. The Morgan fingerprint density at radius 1 is 1.32 bits per heavy atom. The third kappa shape index (κ3) is 4.18. The van der Waals surface area contributed by atoms with Crippen molar-refractivity contribution in [1.82, 2.24) is 14.7 Å². The van der Waals surface area contributed by atoms with Crippen molar-refractivity contribution in [3.63, 3.8) is 0 Å². The molecule has 8 heteroatoms. The van der Waals surface area contributed by atoms with Gasteiger partial charge in [-0.1, -0.05) is 6.92 Å². The fraction of sp³-hybridized carbons (Fsp3) is 0.647. The minimum atomic E-state index is -1.00. The van der Waals surface area contributed by atoms with Crippen molar-refractivity contribution in [3.05, 3.63) is 12.3 Å². The maximum atomic E-state index is 12.4. The van der Waals surface area contributed by atoms with Crippen LogP contribution in [0.15, 0.2) is 12.3 Å². The normalized spacial score (nSPS) is 26.7. The fourth-order valence-corrected chi connectivity index (χ4v) is 3.70. The second-order valence-electron chi connectivity index (χ2n) is 7.14. The highest BCUT2D eigenvalue weighted by atomic mass is 16.4. The minimum Gasteiger partial charge on any atom is -0.480 e. The third-order valence-corrected chi connectivity index (χ3v) is 5.14. The van der Waals surface area contributed by atoms with Crippen molar-refractivity contribution in [3.8, 4) is 0 Å². The highest BCUT2D eigenvalue weighted by Gasteiger charge is 2.38. The lowest BCUT2D eigenvalue weighted by atomic mass is 9.87. The van der Waals surface area contributed by atoms with Crippen LogP contribution in [0.1, 0.15) is 39.0 Å². The number of carboxylic acids is 1.